The molecule has 0 bridgehead atoms. The first-order valence-electron chi connectivity index (χ1n) is 13.2. The van der Waals surface area contributed by atoms with Crippen molar-refractivity contribution in [1.29, 1.82) is 0 Å². The fraction of sp³-hybridized carbons (Fsp3) is 0.379. The highest BCUT2D eigenvalue weighted by Gasteiger charge is 2.56. The first-order valence-corrected chi connectivity index (χ1v) is 14.9. The molecule has 1 aromatic heterocycles. The van der Waals surface area contributed by atoms with Crippen LogP contribution >= 0.6 is 23.1 Å². The lowest BCUT2D eigenvalue weighted by Crippen LogP contribution is -2.32. The maximum atomic E-state index is 14.0. The lowest BCUT2D eigenvalue weighted by atomic mass is 9.83. The summed E-state index contributed by atoms with van der Waals surface area (Å²) in [5.41, 5.74) is 2.36. The van der Waals surface area contributed by atoms with Gasteiger partial charge in [0.1, 0.15) is 17.5 Å². The number of aromatic nitrogens is 1. The number of amides is 2. The van der Waals surface area contributed by atoms with Gasteiger partial charge in [-0.3, -0.25) is 23.7 Å². The third kappa shape index (κ3) is 4.81. The molecule has 210 valence electrons. The summed E-state index contributed by atoms with van der Waals surface area (Å²) >= 11 is 2.21. The smallest absolute Gasteiger partial charge is 0.326 e. The molecule has 2 aliphatic rings. The van der Waals surface area contributed by atoms with Gasteiger partial charge in [0.25, 0.3) is 0 Å². The fourth-order valence-corrected chi connectivity index (χ4v) is 8.19. The molecule has 3 aromatic rings. The van der Waals surface area contributed by atoms with Crippen LogP contribution in [0.3, 0.4) is 0 Å². The number of hydrogen-bond acceptors (Lipinski definition) is 9. The quantitative estimate of drug-likeness (QED) is 0.275. The molecule has 2 aromatic carbocycles. The molecule has 1 saturated heterocycles. The molecule has 5 rings (SSSR count). The molecule has 1 fully saturated rings. The highest BCUT2D eigenvalue weighted by molar-refractivity contribution is 8.00. The van der Waals surface area contributed by atoms with E-state index in [2.05, 4.69) is 18.7 Å². The number of carbonyl (C=O) groups is 3. The number of imide groups is 1. The summed E-state index contributed by atoms with van der Waals surface area (Å²) in [5, 5.41) is -0.211. The monoisotopic (exact) mass is 581 g/mol. The largest absolute Gasteiger partial charge is 0.497 e. The minimum atomic E-state index is -0.753. The van der Waals surface area contributed by atoms with Crippen LogP contribution in [0.25, 0.3) is 0 Å². The standard InChI is InChI=1S/C29H31N3O6S2/c1-5-30(6-2)18-10-8-17(9-11-18)22-23-24(27(35)32(26(23)34)19-12-14-20(37-4)15-13-19)39-28-25(22)40-29(36)31(28)16-21(33)38-7-3/h8-15,22-24H,5-7,16H2,1-4H3/t22-,23?,24?/m1/s1. The summed E-state index contributed by atoms with van der Waals surface area (Å²) in [5.74, 6) is -1.79. The van der Waals surface area contributed by atoms with E-state index in [0.717, 1.165) is 35.7 Å². The van der Waals surface area contributed by atoms with Crippen molar-refractivity contribution in [3.63, 3.8) is 0 Å². The predicted octanol–water partition coefficient (Wildman–Crippen LogP) is 4.12. The van der Waals surface area contributed by atoms with Crippen molar-refractivity contribution in [2.24, 2.45) is 5.92 Å². The number of rotatable bonds is 9. The van der Waals surface area contributed by atoms with Gasteiger partial charge in [-0.25, -0.2) is 4.90 Å². The molecular weight excluding hydrogens is 550 g/mol. The Morgan fingerprint density at radius 1 is 0.950 bits per heavy atom. The molecule has 0 radical (unpaired) electrons. The Labute approximate surface area is 240 Å². The average molecular weight is 582 g/mol. The Hall–Kier alpha value is -3.57. The van der Waals surface area contributed by atoms with Crippen LogP contribution in [0.4, 0.5) is 11.4 Å². The number of methoxy groups -OCH3 is 1. The number of thiazole rings is 1. The van der Waals surface area contributed by atoms with Gasteiger partial charge in [0, 0.05) is 29.6 Å². The van der Waals surface area contributed by atoms with E-state index in [0.29, 0.717) is 21.3 Å². The van der Waals surface area contributed by atoms with Crippen LogP contribution in [0.5, 0.6) is 5.75 Å². The van der Waals surface area contributed by atoms with Crippen molar-refractivity contribution in [3.05, 3.63) is 68.6 Å². The molecule has 0 aliphatic carbocycles. The Balaban J connectivity index is 1.61. The minimum absolute atomic E-state index is 0.197. The van der Waals surface area contributed by atoms with E-state index in [1.54, 1.807) is 38.3 Å². The van der Waals surface area contributed by atoms with E-state index in [1.165, 1.54) is 21.2 Å². The van der Waals surface area contributed by atoms with Gasteiger partial charge in [-0.2, -0.15) is 0 Å². The van der Waals surface area contributed by atoms with E-state index < -0.39 is 23.1 Å². The van der Waals surface area contributed by atoms with Gasteiger partial charge in [-0.05, 0) is 62.7 Å². The summed E-state index contributed by atoms with van der Waals surface area (Å²) in [6, 6.07) is 14.8. The molecule has 2 amide bonds. The topological polar surface area (TPSA) is 98.2 Å². The molecular formula is C29H31N3O6S2. The zero-order valence-electron chi connectivity index (χ0n) is 22.8. The van der Waals surface area contributed by atoms with E-state index in [9.17, 15) is 19.2 Å². The van der Waals surface area contributed by atoms with E-state index in [4.69, 9.17) is 9.47 Å². The van der Waals surface area contributed by atoms with Crippen molar-refractivity contribution < 1.29 is 23.9 Å². The molecule has 40 heavy (non-hydrogen) atoms. The first-order chi connectivity index (χ1) is 19.3. The molecule has 3 atom stereocenters. The maximum Gasteiger partial charge on any atom is 0.326 e. The van der Waals surface area contributed by atoms with E-state index in [1.807, 2.05) is 24.3 Å². The minimum Gasteiger partial charge on any atom is -0.497 e. The van der Waals surface area contributed by atoms with E-state index >= 15 is 0 Å². The second-order valence-electron chi connectivity index (χ2n) is 9.44. The number of thioether (sulfide) groups is 1. The summed E-state index contributed by atoms with van der Waals surface area (Å²) in [6.45, 7) is 7.54. The highest BCUT2D eigenvalue weighted by atomic mass is 32.2. The second kappa shape index (κ2) is 11.5. The van der Waals surface area contributed by atoms with Crippen molar-refractivity contribution in [2.75, 3.05) is 36.6 Å². The Morgan fingerprint density at radius 2 is 1.62 bits per heavy atom. The maximum absolute atomic E-state index is 14.0. The van der Waals surface area contributed by atoms with Crippen LogP contribution < -0.4 is 19.4 Å². The summed E-state index contributed by atoms with van der Waals surface area (Å²) in [6.07, 6.45) is 0. The molecule has 2 aliphatic heterocycles. The van der Waals surface area contributed by atoms with Gasteiger partial charge in [0.2, 0.25) is 11.8 Å². The average Bonchev–Trinajstić information content (AvgIpc) is 3.40. The number of carbonyl (C=O) groups excluding carboxylic acids is 3. The number of nitrogens with zero attached hydrogens (tertiary/aromatic N) is 3. The Bertz CT molecular complexity index is 1480. The predicted molar refractivity (Wildman–Crippen MR) is 156 cm³/mol. The summed E-state index contributed by atoms with van der Waals surface area (Å²) < 4.78 is 11.7. The van der Waals surface area contributed by atoms with Crippen molar-refractivity contribution >= 4 is 52.3 Å². The highest BCUT2D eigenvalue weighted by Crippen LogP contribution is 2.54. The fourth-order valence-electron chi connectivity index (χ4n) is 5.42. The normalized spacial score (nSPS) is 19.8. The molecule has 0 saturated carbocycles. The number of hydrogen-bond donors (Lipinski definition) is 0. The Morgan fingerprint density at radius 3 is 2.23 bits per heavy atom. The van der Waals surface area contributed by atoms with Gasteiger partial charge in [0.15, 0.2) is 0 Å². The summed E-state index contributed by atoms with van der Waals surface area (Å²) in [4.78, 5) is 57.2. The van der Waals surface area contributed by atoms with Gasteiger partial charge < -0.3 is 14.4 Å². The third-order valence-electron chi connectivity index (χ3n) is 7.35. The number of fused-ring (bicyclic) bond motifs is 2. The van der Waals surface area contributed by atoms with Gasteiger partial charge in [-0.15, -0.1) is 0 Å². The van der Waals surface area contributed by atoms with Crippen LogP contribution in [0, 0.1) is 5.92 Å². The zero-order valence-corrected chi connectivity index (χ0v) is 24.4. The van der Waals surface area contributed by atoms with Crippen LogP contribution in [0.2, 0.25) is 0 Å². The number of benzene rings is 2. The van der Waals surface area contributed by atoms with Crippen molar-refractivity contribution in [1.82, 2.24) is 4.57 Å². The first kappa shape index (κ1) is 28.0. The second-order valence-corrected chi connectivity index (χ2v) is 11.6. The van der Waals surface area contributed by atoms with Crippen LogP contribution in [-0.4, -0.2) is 54.4 Å². The van der Waals surface area contributed by atoms with Crippen LogP contribution in [0.15, 0.2) is 58.4 Å². The molecule has 2 unspecified atom stereocenters. The van der Waals surface area contributed by atoms with Crippen molar-refractivity contribution in [3.8, 4) is 5.75 Å². The lowest BCUT2D eigenvalue weighted by molar-refractivity contribution is -0.144. The molecule has 0 spiro atoms. The lowest BCUT2D eigenvalue weighted by Gasteiger charge is -2.31. The third-order valence-corrected chi connectivity index (χ3v) is 9.96. The summed E-state index contributed by atoms with van der Waals surface area (Å²) in [7, 11) is 1.55. The zero-order chi connectivity index (χ0) is 28.6. The van der Waals surface area contributed by atoms with Gasteiger partial charge in [-0.1, -0.05) is 35.2 Å². The van der Waals surface area contributed by atoms with Gasteiger partial charge >= 0.3 is 10.8 Å². The molecule has 3 heterocycles. The number of esters is 1. The van der Waals surface area contributed by atoms with Crippen LogP contribution in [-0.2, 0) is 25.7 Å². The van der Waals surface area contributed by atoms with Crippen molar-refractivity contribution in [2.45, 2.75) is 43.5 Å². The Kier molecular flexibility index (Phi) is 8.04. The molecule has 9 nitrogen and oxygen atoms in total. The van der Waals surface area contributed by atoms with E-state index in [-0.39, 0.29) is 29.8 Å². The van der Waals surface area contributed by atoms with Crippen LogP contribution in [0.1, 0.15) is 37.1 Å². The van der Waals surface area contributed by atoms with Gasteiger partial charge in [0.05, 0.1) is 30.3 Å². The number of ether oxygens (including phenoxy) is 2. The SMILES string of the molecule is CCOC(=O)Cn1c2c(sc1=O)[C@H](c1ccc(N(CC)CC)cc1)C1C(=O)N(c3ccc(OC)cc3)C(=O)C1S2. The number of anilines is 2. The molecule has 11 heteroatoms. The molecule has 0 N–H and O–H groups in total.